The second kappa shape index (κ2) is 9.08. The maximum atomic E-state index is 13.1. The Labute approximate surface area is 179 Å². The number of ether oxygens (including phenoxy) is 1. The minimum atomic E-state index is -0.589. The Kier molecular flexibility index (Phi) is 5.89. The fourth-order valence-corrected chi connectivity index (χ4v) is 3.18. The Hall–Kier alpha value is -4.20. The third kappa shape index (κ3) is 4.53. The highest BCUT2D eigenvalue weighted by Gasteiger charge is 2.23. The van der Waals surface area contributed by atoms with Gasteiger partial charge in [-0.1, -0.05) is 30.3 Å². The maximum absolute atomic E-state index is 13.1. The fourth-order valence-electron chi connectivity index (χ4n) is 3.18. The molecule has 156 valence electrons. The first-order chi connectivity index (χ1) is 15.2. The van der Waals surface area contributed by atoms with Gasteiger partial charge in [0, 0.05) is 24.3 Å². The second-order valence-electron chi connectivity index (χ2n) is 6.70. The van der Waals surface area contributed by atoms with E-state index in [9.17, 15) is 9.59 Å². The van der Waals surface area contributed by atoms with Crippen molar-refractivity contribution in [3.8, 4) is 5.69 Å². The Balaban J connectivity index is 1.50. The zero-order valence-electron chi connectivity index (χ0n) is 16.9. The van der Waals surface area contributed by atoms with Crippen molar-refractivity contribution in [2.45, 2.75) is 13.0 Å². The third-order valence-corrected chi connectivity index (χ3v) is 4.63. The molecule has 0 saturated carbocycles. The Morgan fingerprint density at radius 2 is 1.77 bits per heavy atom. The van der Waals surface area contributed by atoms with Gasteiger partial charge in [0.1, 0.15) is 0 Å². The second-order valence-corrected chi connectivity index (χ2v) is 6.70. The highest BCUT2D eigenvalue weighted by molar-refractivity contribution is 5.95. The molecule has 0 aliphatic rings. The summed E-state index contributed by atoms with van der Waals surface area (Å²) in [5.41, 5.74) is 2.47. The molecule has 0 spiro atoms. The van der Waals surface area contributed by atoms with Crippen molar-refractivity contribution in [2.75, 3.05) is 11.9 Å². The van der Waals surface area contributed by atoms with E-state index >= 15 is 0 Å². The molecule has 0 bridgehead atoms. The number of amides is 1. The first kappa shape index (κ1) is 20.1. The maximum Gasteiger partial charge on any atom is 0.358 e. The van der Waals surface area contributed by atoms with Gasteiger partial charge in [0.2, 0.25) is 0 Å². The smallest absolute Gasteiger partial charge is 0.358 e. The molecule has 2 aromatic heterocycles. The lowest BCUT2D eigenvalue weighted by Crippen LogP contribution is -2.27. The minimum Gasteiger partial charge on any atom is -0.461 e. The molecule has 2 heterocycles. The molecule has 4 rings (SSSR count). The van der Waals surface area contributed by atoms with E-state index < -0.39 is 12.0 Å². The van der Waals surface area contributed by atoms with E-state index in [1.165, 1.54) is 0 Å². The van der Waals surface area contributed by atoms with E-state index in [-0.39, 0.29) is 11.6 Å². The molecule has 0 aliphatic heterocycles. The van der Waals surface area contributed by atoms with Crippen LogP contribution in [0.3, 0.4) is 0 Å². The topological polar surface area (TPSA) is 91.0 Å². The number of benzene rings is 2. The molecule has 0 saturated heterocycles. The standard InChI is InChI=1S/C23H21N5O3/c1-2-31-23(30)20-13-16-27(26-20)19-11-9-18(10-12-19)25-22(29)21(28-15-6-14-24-28)17-7-4-3-5-8-17/h3-16,21H,2H2,1H3,(H,25,29). The van der Waals surface area contributed by atoms with Crippen LogP contribution >= 0.6 is 0 Å². The number of hydrogen-bond donors (Lipinski definition) is 1. The summed E-state index contributed by atoms with van der Waals surface area (Å²) >= 11 is 0. The van der Waals surface area contributed by atoms with Crippen LogP contribution in [0.15, 0.2) is 85.3 Å². The number of carbonyl (C=O) groups is 2. The predicted molar refractivity (Wildman–Crippen MR) is 115 cm³/mol. The molecule has 4 aromatic rings. The number of nitrogens with zero attached hydrogens (tertiary/aromatic N) is 4. The number of rotatable bonds is 7. The van der Waals surface area contributed by atoms with Gasteiger partial charge in [-0.05, 0) is 48.9 Å². The summed E-state index contributed by atoms with van der Waals surface area (Å²) < 4.78 is 8.16. The van der Waals surface area contributed by atoms with Crippen molar-refractivity contribution in [3.63, 3.8) is 0 Å². The Bertz CT molecular complexity index is 1150. The van der Waals surface area contributed by atoms with Gasteiger partial charge in [-0.2, -0.15) is 10.2 Å². The third-order valence-electron chi connectivity index (χ3n) is 4.63. The van der Waals surface area contributed by atoms with Crippen LogP contribution in [0.25, 0.3) is 5.69 Å². The van der Waals surface area contributed by atoms with Gasteiger partial charge in [-0.25, -0.2) is 9.48 Å². The van der Waals surface area contributed by atoms with E-state index in [0.717, 1.165) is 11.3 Å². The lowest BCUT2D eigenvalue weighted by atomic mass is 10.1. The quantitative estimate of drug-likeness (QED) is 0.467. The van der Waals surface area contributed by atoms with Crippen molar-refractivity contribution < 1.29 is 14.3 Å². The minimum absolute atomic E-state index is 0.202. The Morgan fingerprint density at radius 3 is 2.45 bits per heavy atom. The zero-order chi connectivity index (χ0) is 21.6. The van der Waals surface area contributed by atoms with Gasteiger partial charge in [-0.3, -0.25) is 9.48 Å². The summed E-state index contributed by atoms with van der Waals surface area (Å²) in [4.78, 5) is 24.9. The summed E-state index contributed by atoms with van der Waals surface area (Å²) in [5, 5.41) is 11.4. The van der Waals surface area contributed by atoms with Gasteiger partial charge in [0.05, 0.1) is 12.3 Å². The summed E-state index contributed by atoms with van der Waals surface area (Å²) in [6.07, 6.45) is 5.09. The van der Waals surface area contributed by atoms with Crippen molar-refractivity contribution in [1.82, 2.24) is 19.6 Å². The lowest BCUT2D eigenvalue weighted by Gasteiger charge is -2.18. The van der Waals surface area contributed by atoms with Crippen LogP contribution in [0.4, 0.5) is 5.69 Å². The van der Waals surface area contributed by atoms with E-state index in [0.29, 0.717) is 12.3 Å². The molecule has 1 atom stereocenters. The number of esters is 1. The van der Waals surface area contributed by atoms with Gasteiger partial charge in [0.25, 0.3) is 5.91 Å². The van der Waals surface area contributed by atoms with Crippen LogP contribution in [-0.2, 0) is 9.53 Å². The number of anilines is 1. The summed E-state index contributed by atoms with van der Waals surface area (Å²) in [6, 6.07) is 19.5. The van der Waals surface area contributed by atoms with Crippen molar-refractivity contribution in [3.05, 3.63) is 96.6 Å². The number of aromatic nitrogens is 4. The molecule has 2 aromatic carbocycles. The van der Waals surface area contributed by atoms with Gasteiger partial charge < -0.3 is 10.1 Å². The molecule has 1 unspecified atom stereocenters. The monoisotopic (exact) mass is 415 g/mol. The largest absolute Gasteiger partial charge is 0.461 e. The predicted octanol–water partition coefficient (Wildman–Crippen LogP) is 3.47. The fraction of sp³-hybridized carbons (Fsp3) is 0.130. The first-order valence-electron chi connectivity index (χ1n) is 9.84. The SMILES string of the molecule is CCOC(=O)c1ccn(-c2ccc(NC(=O)C(c3ccccc3)n3cccn3)cc2)n1. The van der Waals surface area contributed by atoms with Crippen LogP contribution < -0.4 is 5.32 Å². The number of nitrogens with one attached hydrogen (secondary N) is 1. The molecule has 0 fully saturated rings. The number of carbonyl (C=O) groups excluding carboxylic acids is 2. The van der Waals surface area contributed by atoms with Crippen molar-refractivity contribution >= 4 is 17.6 Å². The van der Waals surface area contributed by atoms with Crippen molar-refractivity contribution in [2.24, 2.45) is 0 Å². The normalized spacial score (nSPS) is 11.6. The van der Waals surface area contributed by atoms with E-state index in [1.807, 2.05) is 42.5 Å². The van der Waals surface area contributed by atoms with Crippen LogP contribution in [0.2, 0.25) is 0 Å². The molecular weight excluding hydrogens is 394 g/mol. The number of hydrogen-bond acceptors (Lipinski definition) is 5. The molecule has 8 heteroatoms. The molecule has 8 nitrogen and oxygen atoms in total. The van der Waals surface area contributed by atoms with Crippen molar-refractivity contribution in [1.29, 1.82) is 0 Å². The van der Waals surface area contributed by atoms with Crippen LogP contribution in [0, 0.1) is 0 Å². The lowest BCUT2D eigenvalue weighted by molar-refractivity contribution is -0.118. The summed E-state index contributed by atoms with van der Waals surface area (Å²) in [6.45, 7) is 2.04. The Morgan fingerprint density at radius 1 is 1.00 bits per heavy atom. The molecule has 1 N–H and O–H groups in total. The average Bonchev–Trinajstić information content (AvgIpc) is 3.48. The van der Waals surface area contributed by atoms with Crippen LogP contribution in [0.1, 0.15) is 29.0 Å². The van der Waals surface area contributed by atoms with E-state index in [2.05, 4.69) is 15.5 Å². The van der Waals surface area contributed by atoms with Gasteiger partial charge >= 0.3 is 5.97 Å². The molecule has 0 aliphatic carbocycles. The highest BCUT2D eigenvalue weighted by Crippen LogP contribution is 2.21. The summed E-state index contributed by atoms with van der Waals surface area (Å²) in [5.74, 6) is -0.665. The zero-order valence-corrected chi connectivity index (χ0v) is 16.9. The highest BCUT2D eigenvalue weighted by atomic mass is 16.5. The van der Waals surface area contributed by atoms with Crippen LogP contribution in [0.5, 0.6) is 0 Å². The summed E-state index contributed by atoms with van der Waals surface area (Å²) in [7, 11) is 0. The van der Waals surface area contributed by atoms with Crippen LogP contribution in [-0.4, -0.2) is 38.0 Å². The van der Waals surface area contributed by atoms with Gasteiger partial charge in [0.15, 0.2) is 11.7 Å². The van der Waals surface area contributed by atoms with E-state index in [4.69, 9.17) is 4.74 Å². The van der Waals surface area contributed by atoms with E-state index in [1.54, 1.807) is 59.1 Å². The average molecular weight is 415 g/mol. The first-order valence-corrected chi connectivity index (χ1v) is 9.84. The van der Waals surface area contributed by atoms with Gasteiger partial charge in [-0.15, -0.1) is 0 Å². The molecule has 0 radical (unpaired) electrons. The molecular formula is C23H21N5O3. The molecule has 31 heavy (non-hydrogen) atoms. The molecule has 1 amide bonds.